The fraction of sp³-hybridized carbons (Fsp3) is 0.556. The van der Waals surface area contributed by atoms with E-state index in [9.17, 15) is 24.9 Å². The van der Waals surface area contributed by atoms with Gasteiger partial charge in [-0.25, -0.2) is 9.36 Å². The number of nitrogens with zero attached hydrogens (tertiary/aromatic N) is 1. The summed E-state index contributed by atoms with van der Waals surface area (Å²) < 4.78 is 5.40. The van der Waals surface area contributed by atoms with Crippen molar-refractivity contribution in [3.63, 3.8) is 0 Å². The van der Waals surface area contributed by atoms with E-state index in [1.807, 2.05) is 4.98 Å². The second-order valence-corrected chi connectivity index (χ2v) is 3.91. The van der Waals surface area contributed by atoms with E-state index in [0.717, 1.165) is 12.3 Å². The predicted octanol–water partition coefficient (Wildman–Crippen LogP) is -3.75. The number of H-pyrrole nitrogens is 1. The molecule has 1 aliphatic heterocycles. The molecule has 5 N–H and O–H groups in total. The molecule has 1 aliphatic rings. The predicted molar refractivity (Wildman–Crippen MR) is 55.5 cm³/mol. The van der Waals surface area contributed by atoms with Crippen LogP contribution in [0, 0.1) is 0 Å². The number of hydrogen-bond donors (Lipinski definition) is 5. The van der Waals surface area contributed by atoms with Gasteiger partial charge in [0.1, 0.15) is 12.2 Å². The highest BCUT2D eigenvalue weighted by atomic mass is 16.7. The maximum absolute atomic E-state index is 11.5. The van der Waals surface area contributed by atoms with Crippen molar-refractivity contribution in [3.05, 3.63) is 33.1 Å². The van der Waals surface area contributed by atoms with Gasteiger partial charge in [-0.15, -0.1) is 0 Å². The lowest BCUT2D eigenvalue weighted by Gasteiger charge is -2.27. The van der Waals surface area contributed by atoms with Gasteiger partial charge in [-0.2, -0.15) is 0 Å². The Bertz CT molecular complexity index is 552. The maximum Gasteiger partial charge on any atom is 0.332 e. The highest BCUT2D eigenvalue weighted by Crippen LogP contribution is 2.31. The Labute approximate surface area is 99.5 Å². The van der Waals surface area contributed by atoms with Crippen LogP contribution in [-0.2, 0) is 10.6 Å². The second-order valence-electron chi connectivity index (χ2n) is 3.91. The van der Waals surface area contributed by atoms with Gasteiger partial charge < -0.3 is 25.2 Å². The maximum atomic E-state index is 11.5. The minimum absolute atomic E-state index is 0.526. The van der Waals surface area contributed by atoms with E-state index in [1.165, 1.54) is 0 Å². The van der Waals surface area contributed by atoms with Crippen LogP contribution in [-0.4, -0.2) is 54.9 Å². The van der Waals surface area contributed by atoms with Crippen molar-refractivity contribution in [1.29, 1.82) is 0 Å². The zero-order valence-corrected chi connectivity index (χ0v) is 9.05. The molecule has 9 heteroatoms. The molecule has 1 aromatic heterocycles. The SMILES string of the molecule is O=c1ccn(C2(O)O[C@@H](CO)[C@@H](O)[C@@H]2O)c(=O)[nH]1. The first-order valence-electron chi connectivity index (χ1n) is 5.10. The standard InChI is InChI=1S/C9H12N2O7/c12-3-4-6(14)7(15)9(17,18-4)11-2-1-5(13)10-8(11)16/h1-2,4,6-7,12,14-15,17H,3H2,(H,10,13,16)/t4-,6+,7-,9?/m0/s1. The average Bonchev–Trinajstić information content (AvgIpc) is 2.54. The minimum atomic E-state index is -2.55. The first kappa shape index (κ1) is 12.9. The van der Waals surface area contributed by atoms with Crippen molar-refractivity contribution >= 4 is 0 Å². The third-order valence-corrected chi connectivity index (χ3v) is 2.76. The Hall–Kier alpha value is -1.52. The van der Waals surface area contributed by atoms with Gasteiger partial charge in [0.05, 0.1) is 6.61 Å². The molecular weight excluding hydrogens is 248 g/mol. The summed E-state index contributed by atoms with van der Waals surface area (Å²) in [6, 6.07) is 0.939. The molecule has 18 heavy (non-hydrogen) atoms. The molecule has 1 saturated heterocycles. The molecule has 0 radical (unpaired) electrons. The average molecular weight is 260 g/mol. The van der Waals surface area contributed by atoms with Crippen molar-refractivity contribution in [2.45, 2.75) is 24.2 Å². The molecule has 1 unspecified atom stereocenters. The van der Waals surface area contributed by atoms with E-state index < -0.39 is 42.1 Å². The summed E-state index contributed by atoms with van der Waals surface area (Å²) in [6.07, 6.45) is -3.75. The van der Waals surface area contributed by atoms with Gasteiger partial charge >= 0.3 is 5.69 Å². The molecule has 9 nitrogen and oxygen atoms in total. The third kappa shape index (κ3) is 1.78. The van der Waals surface area contributed by atoms with E-state index in [2.05, 4.69) is 0 Å². The minimum Gasteiger partial charge on any atom is -0.394 e. The Kier molecular flexibility index (Phi) is 3.09. The number of hydrogen-bond acceptors (Lipinski definition) is 7. The van der Waals surface area contributed by atoms with Gasteiger partial charge in [-0.05, 0) is 0 Å². The molecule has 0 aliphatic carbocycles. The van der Waals surface area contributed by atoms with Crippen LogP contribution in [0.1, 0.15) is 0 Å². The van der Waals surface area contributed by atoms with Crippen LogP contribution in [0.2, 0.25) is 0 Å². The molecule has 2 heterocycles. The molecule has 100 valence electrons. The van der Waals surface area contributed by atoms with Gasteiger partial charge in [-0.3, -0.25) is 9.78 Å². The van der Waals surface area contributed by atoms with Gasteiger partial charge in [0.2, 0.25) is 0 Å². The molecule has 0 amide bonds. The lowest BCUT2D eigenvalue weighted by molar-refractivity contribution is -0.291. The van der Waals surface area contributed by atoms with Crippen LogP contribution in [0.4, 0.5) is 0 Å². The Balaban J connectivity index is 2.49. The Morgan fingerprint density at radius 1 is 1.44 bits per heavy atom. The fourth-order valence-corrected chi connectivity index (χ4v) is 1.80. The quantitative estimate of drug-likeness (QED) is 0.367. The highest BCUT2D eigenvalue weighted by molar-refractivity contribution is 4.96. The topological polar surface area (TPSA) is 145 Å². The number of ether oxygens (including phenoxy) is 1. The van der Waals surface area contributed by atoms with Gasteiger partial charge in [0.15, 0.2) is 6.10 Å². The van der Waals surface area contributed by atoms with Crippen molar-refractivity contribution < 1.29 is 25.2 Å². The van der Waals surface area contributed by atoms with Gasteiger partial charge in [0.25, 0.3) is 11.5 Å². The monoisotopic (exact) mass is 260 g/mol. The van der Waals surface area contributed by atoms with Crippen LogP contribution in [0.25, 0.3) is 0 Å². The second kappa shape index (κ2) is 4.30. The first-order chi connectivity index (χ1) is 8.40. The molecule has 4 atom stereocenters. The van der Waals surface area contributed by atoms with Gasteiger partial charge in [0, 0.05) is 12.3 Å². The summed E-state index contributed by atoms with van der Waals surface area (Å²) in [4.78, 5) is 24.2. The Morgan fingerprint density at radius 2 is 2.11 bits per heavy atom. The summed E-state index contributed by atoms with van der Waals surface area (Å²) in [5.74, 6) is -2.55. The summed E-state index contributed by atoms with van der Waals surface area (Å²) in [7, 11) is 0. The van der Waals surface area contributed by atoms with Crippen molar-refractivity contribution in [1.82, 2.24) is 9.55 Å². The molecule has 1 aromatic rings. The van der Waals surface area contributed by atoms with E-state index in [1.54, 1.807) is 0 Å². The van der Waals surface area contributed by atoms with Crippen LogP contribution < -0.4 is 11.2 Å². The highest BCUT2D eigenvalue weighted by Gasteiger charge is 2.55. The van der Waals surface area contributed by atoms with Crippen molar-refractivity contribution in [2.75, 3.05) is 6.61 Å². The first-order valence-corrected chi connectivity index (χ1v) is 5.10. The van der Waals surface area contributed by atoms with Crippen LogP contribution >= 0.6 is 0 Å². The molecule has 0 bridgehead atoms. The number of rotatable bonds is 2. The summed E-state index contributed by atoms with van der Waals surface area (Å²) in [5, 5.41) is 38.2. The van der Waals surface area contributed by atoms with Crippen LogP contribution in [0.5, 0.6) is 0 Å². The number of aliphatic hydroxyl groups excluding tert-OH is 3. The largest absolute Gasteiger partial charge is 0.394 e. The summed E-state index contributed by atoms with van der Waals surface area (Å²) in [6.45, 7) is -0.654. The zero-order chi connectivity index (χ0) is 13.5. The van der Waals surface area contributed by atoms with E-state index in [0.29, 0.717) is 4.57 Å². The molecule has 1 fully saturated rings. The van der Waals surface area contributed by atoms with Crippen LogP contribution in [0.3, 0.4) is 0 Å². The molecular formula is C9H12N2O7. The number of nitrogens with one attached hydrogen (secondary N) is 1. The molecule has 2 rings (SSSR count). The molecule has 0 spiro atoms. The smallest absolute Gasteiger partial charge is 0.332 e. The fourth-order valence-electron chi connectivity index (χ4n) is 1.80. The van der Waals surface area contributed by atoms with Gasteiger partial charge in [-0.1, -0.05) is 0 Å². The van der Waals surface area contributed by atoms with E-state index >= 15 is 0 Å². The number of aromatic nitrogens is 2. The normalized spacial score (nSPS) is 35.9. The van der Waals surface area contributed by atoms with Crippen LogP contribution in [0.15, 0.2) is 21.9 Å². The Morgan fingerprint density at radius 3 is 2.61 bits per heavy atom. The zero-order valence-electron chi connectivity index (χ0n) is 9.05. The lowest BCUT2D eigenvalue weighted by Crippen LogP contribution is -2.51. The molecule has 0 saturated carbocycles. The summed E-state index contributed by atoms with van der Waals surface area (Å²) in [5.41, 5.74) is -1.71. The van der Waals surface area contributed by atoms with E-state index in [4.69, 9.17) is 9.84 Å². The van der Waals surface area contributed by atoms with Crippen molar-refractivity contribution in [3.8, 4) is 0 Å². The number of aromatic amines is 1. The molecule has 0 aromatic carbocycles. The third-order valence-electron chi connectivity index (χ3n) is 2.76. The van der Waals surface area contributed by atoms with Crippen molar-refractivity contribution in [2.24, 2.45) is 0 Å². The summed E-state index contributed by atoms with van der Waals surface area (Å²) >= 11 is 0. The lowest BCUT2D eigenvalue weighted by atomic mass is 10.1. The van der Waals surface area contributed by atoms with E-state index in [-0.39, 0.29) is 0 Å². The number of aliphatic hydroxyl groups is 4.